The maximum Gasteiger partial charge on any atom is 0.340 e. The van der Waals surface area contributed by atoms with Gasteiger partial charge in [0.25, 0.3) is 5.82 Å². The van der Waals surface area contributed by atoms with Gasteiger partial charge >= 0.3 is 5.91 Å². The zero-order chi connectivity index (χ0) is 11.4. The first kappa shape index (κ1) is 10.6. The number of amides is 1. The van der Waals surface area contributed by atoms with Gasteiger partial charge in [0, 0.05) is 6.07 Å². The topological polar surface area (TPSA) is 43.2 Å². The summed E-state index contributed by atoms with van der Waals surface area (Å²) in [5.41, 5.74) is 0.460. The van der Waals surface area contributed by atoms with Gasteiger partial charge in [-0.3, -0.25) is 0 Å². The number of hydrogen-bond donors (Lipinski definition) is 1. The fourth-order valence-corrected chi connectivity index (χ4v) is 1.53. The van der Waals surface area contributed by atoms with Gasteiger partial charge in [0.15, 0.2) is 0 Å². The van der Waals surface area contributed by atoms with Gasteiger partial charge in [0.05, 0.1) is 16.8 Å². The van der Waals surface area contributed by atoms with Crippen molar-refractivity contribution in [3.8, 4) is 0 Å². The number of H-pyrrole nitrogens is 1. The molecule has 0 unspecified atom stereocenters. The van der Waals surface area contributed by atoms with E-state index in [-0.39, 0.29) is 5.91 Å². The van der Waals surface area contributed by atoms with Gasteiger partial charge in [-0.15, -0.1) is 0 Å². The van der Waals surface area contributed by atoms with Crippen LogP contribution in [-0.2, 0) is 0 Å². The quantitative estimate of drug-likeness (QED) is 0.851. The summed E-state index contributed by atoms with van der Waals surface area (Å²) in [6, 6.07) is 12.4. The highest BCUT2D eigenvalue weighted by molar-refractivity contribution is 6.34. The van der Waals surface area contributed by atoms with Crippen LogP contribution in [0.1, 0.15) is 10.4 Å². The number of carbonyl (C=O) groups excluding carboxylic acids is 1. The Morgan fingerprint density at radius 3 is 2.56 bits per heavy atom. The molecule has 16 heavy (non-hydrogen) atoms. The Morgan fingerprint density at radius 2 is 1.88 bits per heavy atom. The molecule has 1 aromatic heterocycles. The third-order valence-electron chi connectivity index (χ3n) is 2.08. The van der Waals surface area contributed by atoms with E-state index >= 15 is 0 Å². The van der Waals surface area contributed by atoms with Crippen LogP contribution in [0.3, 0.4) is 0 Å². The molecule has 0 atom stereocenters. The van der Waals surface area contributed by atoms with Crippen molar-refractivity contribution in [2.45, 2.75) is 0 Å². The van der Waals surface area contributed by atoms with E-state index < -0.39 is 0 Å². The van der Waals surface area contributed by atoms with E-state index in [1.54, 1.807) is 36.5 Å². The maximum absolute atomic E-state index is 11.8. The highest BCUT2D eigenvalue weighted by atomic mass is 35.5. The number of rotatable bonds is 2. The van der Waals surface area contributed by atoms with Crippen molar-refractivity contribution in [1.82, 2.24) is 0 Å². The first-order valence-corrected chi connectivity index (χ1v) is 5.18. The fraction of sp³-hybridized carbons (Fsp3) is 0. The lowest BCUT2D eigenvalue weighted by Crippen LogP contribution is -2.19. The van der Waals surface area contributed by atoms with Gasteiger partial charge in [0.1, 0.15) is 0 Å². The number of nitrogens with one attached hydrogen (secondary N) is 2. The molecule has 0 fully saturated rings. The minimum absolute atomic E-state index is 0.229. The number of aromatic amines is 1. The number of pyridine rings is 1. The van der Waals surface area contributed by atoms with Crippen LogP contribution in [0.5, 0.6) is 0 Å². The summed E-state index contributed by atoms with van der Waals surface area (Å²) in [5, 5.41) is 3.16. The van der Waals surface area contributed by atoms with Gasteiger partial charge < -0.3 is 0 Å². The lowest BCUT2D eigenvalue weighted by atomic mass is 10.2. The van der Waals surface area contributed by atoms with Crippen LogP contribution in [0.4, 0.5) is 5.82 Å². The van der Waals surface area contributed by atoms with Crippen molar-refractivity contribution in [1.29, 1.82) is 0 Å². The molecular weight excluding hydrogens is 224 g/mol. The number of aromatic nitrogens is 1. The standard InChI is InChI=1S/C12H9ClN2O/c13-10-6-2-1-5-9(10)12(16)15-11-7-3-4-8-14-11/h1-8H,(H,14,15,16)/p+1. The molecule has 1 amide bonds. The van der Waals surface area contributed by atoms with E-state index in [4.69, 9.17) is 11.6 Å². The third-order valence-corrected chi connectivity index (χ3v) is 2.41. The average Bonchev–Trinajstić information content (AvgIpc) is 2.31. The molecule has 0 saturated carbocycles. The summed E-state index contributed by atoms with van der Waals surface area (Å²) in [6.07, 6.45) is 1.74. The van der Waals surface area contributed by atoms with Crippen molar-refractivity contribution >= 4 is 23.3 Å². The van der Waals surface area contributed by atoms with Crippen molar-refractivity contribution in [2.24, 2.45) is 0 Å². The lowest BCUT2D eigenvalue weighted by molar-refractivity contribution is -0.360. The van der Waals surface area contributed by atoms with Gasteiger partial charge in [-0.2, -0.15) is 0 Å². The van der Waals surface area contributed by atoms with Crippen LogP contribution in [0.2, 0.25) is 5.02 Å². The summed E-state index contributed by atoms with van der Waals surface area (Å²) in [6.45, 7) is 0. The molecule has 0 aliphatic carbocycles. The van der Waals surface area contributed by atoms with Crippen LogP contribution >= 0.6 is 11.6 Å². The highest BCUT2D eigenvalue weighted by Crippen LogP contribution is 2.15. The van der Waals surface area contributed by atoms with Crippen LogP contribution < -0.4 is 10.3 Å². The second-order valence-corrected chi connectivity index (χ2v) is 3.62. The van der Waals surface area contributed by atoms with Gasteiger partial charge in [0.2, 0.25) is 0 Å². The van der Waals surface area contributed by atoms with Crippen LogP contribution in [0, 0.1) is 0 Å². The molecule has 0 radical (unpaired) electrons. The number of anilines is 1. The maximum atomic E-state index is 11.8. The van der Waals surface area contributed by atoms with E-state index in [1.165, 1.54) is 0 Å². The summed E-state index contributed by atoms with van der Waals surface area (Å²) < 4.78 is 0. The predicted molar refractivity (Wildman–Crippen MR) is 62.4 cm³/mol. The molecular formula is C12H10ClN2O+. The Labute approximate surface area is 98.1 Å². The molecule has 1 heterocycles. The van der Waals surface area contributed by atoms with Gasteiger partial charge in [-0.05, 0) is 18.2 Å². The third kappa shape index (κ3) is 2.38. The Balaban J connectivity index is 2.19. The number of carbonyl (C=O) groups is 1. The molecule has 2 N–H and O–H groups in total. The molecule has 2 rings (SSSR count). The smallest absolute Gasteiger partial charge is 0.247 e. The first-order valence-electron chi connectivity index (χ1n) is 4.80. The molecule has 0 aliphatic heterocycles. The second kappa shape index (κ2) is 4.77. The molecule has 1 aromatic carbocycles. The molecule has 2 aromatic rings. The highest BCUT2D eigenvalue weighted by Gasteiger charge is 2.14. The Hall–Kier alpha value is -1.87. The van der Waals surface area contributed by atoms with E-state index in [0.717, 1.165) is 0 Å². The number of halogens is 1. The number of hydrogen-bond acceptors (Lipinski definition) is 1. The largest absolute Gasteiger partial charge is 0.340 e. The normalized spacial score (nSPS) is 9.81. The zero-order valence-corrected chi connectivity index (χ0v) is 9.16. The molecule has 0 aliphatic rings. The molecule has 0 bridgehead atoms. The lowest BCUT2D eigenvalue weighted by Gasteiger charge is -1.99. The molecule has 4 heteroatoms. The Morgan fingerprint density at radius 1 is 1.12 bits per heavy atom. The van der Waals surface area contributed by atoms with Gasteiger partial charge in [-0.25, -0.2) is 15.1 Å². The molecule has 80 valence electrons. The minimum atomic E-state index is -0.229. The van der Waals surface area contributed by atoms with Crippen LogP contribution in [-0.4, -0.2) is 5.91 Å². The SMILES string of the molecule is O=C(Nc1cccc[nH+]1)c1ccccc1Cl. The molecule has 0 spiro atoms. The van der Waals surface area contributed by atoms with Crippen molar-refractivity contribution in [2.75, 3.05) is 5.32 Å². The first-order chi connectivity index (χ1) is 7.77. The fourth-order valence-electron chi connectivity index (χ4n) is 1.31. The zero-order valence-electron chi connectivity index (χ0n) is 8.41. The van der Waals surface area contributed by atoms with Gasteiger partial charge in [-0.1, -0.05) is 29.8 Å². The van der Waals surface area contributed by atoms with Crippen molar-refractivity contribution in [3.63, 3.8) is 0 Å². The Bertz CT molecular complexity index is 499. The number of benzene rings is 1. The van der Waals surface area contributed by atoms with E-state index in [1.807, 2.05) is 12.1 Å². The minimum Gasteiger partial charge on any atom is -0.247 e. The van der Waals surface area contributed by atoms with E-state index in [2.05, 4.69) is 10.3 Å². The van der Waals surface area contributed by atoms with Crippen LogP contribution in [0.25, 0.3) is 0 Å². The van der Waals surface area contributed by atoms with E-state index in [9.17, 15) is 4.79 Å². The van der Waals surface area contributed by atoms with Crippen molar-refractivity contribution < 1.29 is 9.78 Å². The predicted octanol–water partition coefficient (Wildman–Crippen LogP) is 2.41. The summed E-state index contributed by atoms with van der Waals surface area (Å²) in [4.78, 5) is 14.7. The second-order valence-electron chi connectivity index (χ2n) is 3.21. The monoisotopic (exact) mass is 233 g/mol. The average molecular weight is 234 g/mol. The molecule has 0 saturated heterocycles. The Kier molecular flexibility index (Phi) is 3.17. The summed E-state index contributed by atoms with van der Waals surface area (Å²) in [7, 11) is 0. The summed E-state index contributed by atoms with van der Waals surface area (Å²) in [5.74, 6) is 0.403. The van der Waals surface area contributed by atoms with E-state index in [0.29, 0.717) is 16.4 Å². The molecule has 3 nitrogen and oxygen atoms in total. The summed E-state index contributed by atoms with van der Waals surface area (Å²) >= 11 is 5.91. The van der Waals surface area contributed by atoms with Crippen molar-refractivity contribution in [3.05, 3.63) is 59.2 Å². The van der Waals surface area contributed by atoms with Crippen LogP contribution in [0.15, 0.2) is 48.7 Å².